The van der Waals surface area contributed by atoms with Crippen LogP contribution in [0, 0.1) is 29.1 Å². The van der Waals surface area contributed by atoms with Crippen molar-refractivity contribution in [1.29, 1.82) is 0 Å². The van der Waals surface area contributed by atoms with Crippen LogP contribution in [0.2, 0.25) is 0 Å². The second kappa shape index (κ2) is 12.7. The summed E-state index contributed by atoms with van der Waals surface area (Å²) in [4.78, 5) is 34.0. The Labute approximate surface area is 255 Å². The number of rotatable bonds is 10. The number of amides is 2. The van der Waals surface area contributed by atoms with Gasteiger partial charge in [-0.05, 0) is 91.9 Å². The Hall–Kier alpha value is -2.82. The Kier molecular flexibility index (Phi) is 9.30. The van der Waals surface area contributed by atoms with Crippen molar-refractivity contribution in [3.8, 4) is 11.1 Å². The third kappa shape index (κ3) is 6.51. The van der Waals surface area contributed by atoms with E-state index in [0.717, 1.165) is 28.8 Å². The number of carbonyl (C=O) groups is 2. The van der Waals surface area contributed by atoms with Gasteiger partial charge in [0.2, 0.25) is 11.8 Å². The highest BCUT2D eigenvalue weighted by Gasteiger charge is 2.57. The van der Waals surface area contributed by atoms with Crippen molar-refractivity contribution < 1.29 is 24.6 Å². The summed E-state index contributed by atoms with van der Waals surface area (Å²) in [6.07, 6.45) is 0.682. The van der Waals surface area contributed by atoms with E-state index in [2.05, 4.69) is 37.5 Å². The molecule has 4 N–H and O–H groups in total. The maximum atomic E-state index is 13.9. The van der Waals surface area contributed by atoms with Gasteiger partial charge < -0.3 is 25.7 Å². The molecule has 1 saturated heterocycles. The summed E-state index contributed by atoms with van der Waals surface area (Å²) in [6.45, 7) is 8.94. The van der Waals surface area contributed by atoms with Crippen LogP contribution in [-0.4, -0.2) is 83.5 Å². The standard InChI is InChI=1S/C34H48N4O5/c1-20-27-15-25(34(27,3)4)16-28(20)36-33(42)32-31(21(2)40)29(19-39)43-38(32)17-22-8-7-9-24(14-22)23-10-12-26(13-11-23)35-30(41)18-37(5)6/h7-14,20-21,25,27-29,31-32,39-40H,15-19H2,1-6H3,(H,35,41)(H,36,42)/t20-,21-,25-,27?,28?,29-,31+,32-/m0/s1. The average molecular weight is 593 g/mol. The van der Waals surface area contributed by atoms with Crippen molar-refractivity contribution in [3.05, 3.63) is 54.1 Å². The molecule has 2 aromatic carbocycles. The van der Waals surface area contributed by atoms with E-state index in [9.17, 15) is 19.8 Å². The molecule has 43 heavy (non-hydrogen) atoms. The summed E-state index contributed by atoms with van der Waals surface area (Å²) in [6, 6.07) is 15.1. The highest BCUT2D eigenvalue weighted by Crippen LogP contribution is 2.61. The second-order valence-electron chi connectivity index (χ2n) is 13.8. The number of anilines is 1. The molecule has 4 fully saturated rings. The maximum absolute atomic E-state index is 13.9. The average Bonchev–Trinajstić information content (AvgIpc) is 3.32. The molecule has 9 nitrogen and oxygen atoms in total. The zero-order chi connectivity index (χ0) is 31.1. The molecule has 1 aliphatic heterocycles. The summed E-state index contributed by atoms with van der Waals surface area (Å²) >= 11 is 0. The predicted octanol–water partition coefficient (Wildman–Crippen LogP) is 3.51. The number of aliphatic hydroxyl groups excluding tert-OH is 2. The third-order valence-corrected chi connectivity index (χ3v) is 10.3. The molecule has 0 aromatic heterocycles. The zero-order valence-corrected chi connectivity index (χ0v) is 26.3. The van der Waals surface area contributed by atoms with Crippen molar-refractivity contribution in [1.82, 2.24) is 15.3 Å². The van der Waals surface area contributed by atoms with Gasteiger partial charge >= 0.3 is 0 Å². The number of likely N-dealkylation sites (N-methyl/N-ethyl adjacent to an activating group) is 1. The van der Waals surface area contributed by atoms with Crippen LogP contribution in [0.1, 0.15) is 46.1 Å². The normalized spacial score (nSPS) is 30.5. The lowest BCUT2D eigenvalue weighted by Crippen LogP contribution is -2.62. The van der Waals surface area contributed by atoms with Gasteiger partial charge in [-0.25, -0.2) is 0 Å². The first-order valence-corrected chi connectivity index (χ1v) is 15.6. The number of nitrogens with one attached hydrogen (secondary N) is 2. The van der Waals surface area contributed by atoms with Gasteiger partial charge in [0.1, 0.15) is 12.1 Å². The molecule has 2 amide bonds. The van der Waals surface area contributed by atoms with Crippen LogP contribution in [0.15, 0.2) is 48.5 Å². The van der Waals surface area contributed by atoms with Gasteiger partial charge in [0.05, 0.1) is 25.8 Å². The lowest BCUT2D eigenvalue weighted by molar-refractivity contribution is -0.183. The van der Waals surface area contributed by atoms with Gasteiger partial charge in [0, 0.05) is 17.6 Å². The van der Waals surface area contributed by atoms with Crippen LogP contribution >= 0.6 is 0 Å². The van der Waals surface area contributed by atoms with Crippen LogP contribution in [0.4, 0.5) is 5.69 Å². The molecule has 234 valence electrons. The predicted molar refractivity (Wildman–Crippen MR) is 167 cm³/mol. The molecule has 8 atom stereocenters. The van der Waals surface area contributed by atoms with Crippen LogP contribution in [-0.2, 0) is 21.0 Å². The van der Waals surface area contributed by atoms with Crippen LogP contribution < -0.4 is 10.6 Å². The molecular weight excluding hydrogens is 544 g/mol. The molecule has 3 saturated carbocycles. The molecule has 1 heterocycles. The van der Waals surface area contributed by atoms with E-state index in [-0.39, 0.29) is 24.5 Å². The molecule has 3 aliphatic carbocycles. The van der Waals surface area contributed by atoms with Gasteiger partial charge in [0.15, 0.2) is 0 Å². The van der Waals surface area contributed by atoms with E-state index in [0.29, 0.717) is 36.3 Å². The summed E-state index contributed by atoms with van der Waals surface area (Å²) in [7, 11) is 3.71. The van der Waals surface area contributed by atoms with E-state index < -0.39 is 24.2 Å². The molecule has 6 rings (SSSR count). The Bertz CT molecular complexity index is 1300. The van der Waals surface area contributed by atoms with Crippen LogP contribution in [0.5, 0.6) is 0 Å². The van der Waals surface area contributed by atoms with Crippen LogP contribution in [0.25, 0.3) is 11.1 Å². The molecular formula is C34H48N4O5. The minimum absolute atomic E-state index is 0.0702. The van der Waals surface area contributed by atoms with Crippen LogP contribution in [0.3, 0.4) is 0 Å². The largest absolute Gasteiger partial charge is 0.394 e. The number of nitrogens with zero attached hydrogens (tertiary/aromatic N) is 2. The number of hydroxylamine groups is 2. The number of benzene rings is 2. The first-order chi connectivity index (χ1) is 20.4. The van der Waals surface area contributed by atoms with Gasteiger partial charge in [-0.3, -0.25) is 14.4 Å². The van der Waals surface area contributed by atoms with Gasteiger partial charge in [-0.15, -0.1) is 0 Å². The van der Waals surface area contributed by atoms with Gasteiger partial charge in [-0.2, -0.15) is 5.06 Å². The molecule has 0 radical (unpaired) electrons. The fourth-order valence-electron chi connectivity index (χ4n) is 7.75. The lowest BCUT2D eigenvalue weighted by Gasteiger charge is -2.62. The number of hydrogen-bond acceptors (Lipinski definition) is 7. The lowest BCUT2D eigenvalue weighted by atomic mass is 9.45. The fraction of sp³-hybridized carbons (Fsp3) is 0.588. The minimum Gasteiger partial charge on any atom is -0.394 e. The highest BCUT2D eigenvalue weighted by molar-refractivity contribution is 5.92. The maximum Gasteiger partial charge on any atom is 0.240 e. The molecule has 4 aliphatic rings. The zero-order valence-electron chi connectivity index (χ0n) is 26.3. The second-order valence-corrected chi connectivity index (χ2v) is 13.8. The third-order valence-electron chi connectivity index (χ3n) is 10.3. The molecule has 9 heteroatoms. The van der Waals surface area contributed by atoms with E-state index in [1.807, 2.05) is 61.5 Å². The number of fused-ring (bicyclic) bond motifs is 2. The molecule has 2 aromatic rings. The van der Waals surface area contributed by atoms with Gasteiger partial charge in [-0.1, -0.05) is 51.1 Å². The monoisotopic (exact) mass is 592 g/mol. The molecule has 0 spiro atoms. The van der Waals surface area contributed by atoms with Crippen molar-refractivity contribution in [2.24, 2.45) is 29.1 Å². The number of aliphatic hydroxyl groups is 2. The van der Waals surface area contributed by atoms with E-state index in [1.54, 1.807) is 12.0 Å². The minimum atomic E-state index is -0.836. The topological polar surface area (TPSA) is 114 Å². The molecule has 2 unspecified atom stereocenters. The Morgan fingerprint density at radius 1 is 1.12 bits per heavy atom. The summed E-state index contributed by atoms with van der Waals surface area (Å²) in [5.41, 5.74) is 3.98. The summed E-state index contributed by atoms with van der Waals surface area (Å²) in [5, 5.41) is 28.7. The number of hydrogen-bond donors (Lipinski definition) is 4. The Morgan fingerprint density at radius 2 is 1.84 bits per heavy atom. The first-order valence-electron chi connectivity index (χ1n) is 15.6. The van der Waals surface area contributed by atoms with E-state index in [1.165, 1.54) is 6.42 Å². The smallest absolute Gasteiger partial charge is 0.240 e. The highest BCUT2D eigenvalue weighted by atomic mass is 16.7. The SMILES string of the molecule is C[C@@H]1C(NC(=O)[C@@H]2[C@H]([C@H](C)O)[C@H](CO)ON2Cc2cccc(-c3ccc(NC(=O)CN(C)C)cc3)c2)C[C@@H]2CC1C2(C)C. The Balaban J connectivity index is 1.31. The number of carbonyl (C=O) groups excluding carboxylic acids is 2. The van der Waals surface area contributed by atoms with E-state index >= 15 is 0 Å². The van der Waals surface area contributed by atoms with Crippen molar-refractivity contribution in [2.45, 2.75) is 71.4 Å². The summed E-state index contributed by atoms with van der Waals surface area (Å²) in [5.74, 6) is 0.797. The van der Waals surface area contributed by atoms with Gasteiger partial charge in [0.25, 0.3) is 0 Å². The quantitative estimate of drug-likeness (QED) is 0.334. The fourth-order valence-corrected chi connectivity index (χ4v) is 7.75. The first kappa shape index (κ1) is 31.6. The van der Waals surface area contributed by atoms with Crippen molar-refractivity contribution in [3.63, 3.8) is 0 Å². The molecule has 2 bridgehead atoms. The summed E-state index contributed by atoms with van der Waals surface area (Å²) < 4.78 is 0. The van der Waals surface area contributed by atoms with E-state index in [4.69, 9.17) is 4.84 Å². The van der Waals surface area contributed by atoms with Crippen molar-refractivity contribution >= 4 is 17.5 Å². The van der Waals surface area contributed by atoms with Crippen molar-refractivity contribution in [2.75, 3.05) is 32.6 Å². The Morgan fingerprint density at radius 3 is 2.44 bits per heavy atom.